The zero-order chi connectivity index (χ0) is 15.4. The van der Waals surface area contributed by atoms with Crippen LogP contribution >= 0.6 is 0 Å². The largest absolute Gasteiger partial charge is 0.356 e. The second kappa shape index (κ2) is 6.74. The first-order valence-corrected chi connectivity index (χ1v) is 7.76. The molecule has 0 saturated heterocycles. The maximum absolute atomic E-state index is 11.9. The van der Waals surface area contributed by atoms with Crippen LogP contribution in [0.3, 0.4) is 0 Å². The SMILES string of the molecule is CCC(CC)C(=O)NCCc1ccc2c(c1)nc(C)n2C. The number of nitrogens with one attached hydrogen (secondary N) is 1. The van der Waals surface area contributed by atoms with Crippen LogP contribution in [0.5, 0.6) is 0 Å². The van der Waals surface area contributed by atoms with Crippen LogP contribution < -0.4 is 5.32 Å². The van der Waals surface area contributed by atoms with E-state index in [1.54, 1.807) is 0 Å². The van der Waals surface area contributed by atoms with Crippen molar-refractivity contribution in [2.75, 3.05) is 6.54 Å². The Bertz CT molecular complexity index is 626. The van der Waals surface area contributed by atoms with Crippen molar-refractivity contribution < 1.29 is 4.79 Å². The Morgan fingerprint density at radius 2 is 2.05 bits per heavy atom. The summed E-state index contributed by atoms with van der Waals surface area (Å²) < 4.78 is 2.09. The van der Waals surface area contributed by atoms with E-state index in [0.717, 1.165) is 36.1 Å². The standard InChI is InChI=1S/C17H25N3O/c1-5-14(6-2)17(21)18-10-9-13-7-8-16-15(11-13)19-12(3)20(16)4/h7-8,11,14H,5-6,9-10H2,1-4H3,(H,18,21). The number of fused-ring (bicyclic) bond motifs is 1. The zero-order valence-corrected chi connectivity index (χ0v) is 13.4. The van der Waals surface area contributed by atoms with Crippen molar-refractivity contribution in [3.05, 3.63) is 29.6 Å². The van der Waals surface area contributed by atoms with Crippen LogP contribution in [0.4, 0.5) is 0 Å². The molecule has 0 aliphatic carbocycles. The van der Waals surface area contributed by atoms with Gasteiger partial charge in [-0.3, -0.25) is 4.79 Å². The van der Waals surface area contributed by atoms with E-state index in [1.165, 1.54) is 5.56 Å². The van der Waals surface area contributed by atoms with Gasteiger partial charge in [0, 0.05) is 19.5 Å². The molecule has 0 aliphatic heterocycles. The molecule has 0 aliphatic rings. The number of benzene rings is 1. The molecule has 2 aromatic rings. The van der Waals surface area contributed by atoms with E-state index in [2.05, 4.69) is 46.9 Å². The predicted octanol–water partition coefficient (Wildman–Crippen LogP) is 2.98. The van der Waals surface area contributed by atoms with E-state index in [1.807, 2.05) is 14.0 Å². The third-order valence-corrected chi connectivity index (χ3v) is 4.24. The van der Waals surface area contributed by atoms with Gasteiger partial charge in [0.05, 0.1) is 11.0 Å². The van der Waals surface area contributed by atoms with Crippen LogP contribution in [0.15, 0.2) is 18.2 Å². The summed E-state index contributed by atoms with van der Waals surface area (Å²) >= 11 is 0. The van der Waals surface area contributed by atoms with Gasteiger partial charge >= 0.3 is 0 Å². The second-order valence-electron chi connectivity index (χ2n) is 5.60. The lowest BCUT2D eigenvalue weighted by Gasteiger charge is -2.12. The number of hydrogen-bond acceptors (Lipinski definition) is 2. The number of aryl methyl sites for hydroxylation is 2. The fraction of sp³-hybridized carbons (Fsp3) is 0.529. The lowest BCUT2D eigenvalue weighted by atomic mass is 10.0. The highest BCUT2D eigenvalue weighted by Crippen LogP contribution is 2.16. The molecule has 1 aromatic heterocycles. The molecule has 0 saturated carbocycles. The monoisotopic (exact) mass is 287 g/mol. The molecular weight excluding hydrogens is 262 g/mol. The van der Waals surface area contributed by atoms with Gasteiger partial charge in [0.25, 0.3) is 0 Å². The number of aromatic nitrogens is 2. The van der Waals surface area contributed by atoms with Crippen molar-refractivity contribution in [1.29, 1.82) is 0 Å². The quantitative estimate of drug-likeness (QED) is 0.888. The fourth-order valence-corrected chi connectivity index (χ4v) is 2.66. The van der Waals surface area contributed by atoms with E-state index in [9.17, 15) is 4.79 Å². The maximum Gasteiger partial charge on any atom is 0.223 e. The highest BCUT2D eigenvalue weighted by Gasteiger charge is 2.13. The van der Waals surface area contributed by atoms with Crippen molar-refractivity contribution in [3.63, 3.8) is 0 Å². The number of carbonyl (C=O) groups excluding carboxylic acids is 1. The highest BCUT2D eigenvalue weighted by molar-refractivity contribution is 5.78. The molecule has 1 heterocycles. The number of rotatable bonds is 6. The molecule has 1 N–H and O–H groups in total. The number of hydrogen-bond donors (Lipinski definition) is 1. The summed E-state index contributed by atoms with van der Waals surface area (Å²) in [6.45, 7) is 6.82. The van der Waals surface area contributed by atoms with Gasteiger partial charge in [-0.05, 0) is 43.9 Å². The van der Waals surface area contributed by atoms with E-state index in [4.69, 9.17) is 0 Å². The molecule has 21 heavy (non-hydrogen) atoms. The Morgan fingerprint density at radius 3 is 2.71 bits per heavy atom. The van der Waals surface area contributed by atoms with Crippen LogP contribution in [-0.2, 0) is 18.3 Å². The summed E-state index contributed by atoms with van der Waals surface area (Å²) in [5, 5.41) is 3.03. The van der Waals surface area contributed by atoms with Crippen molar-refractivity contribution >= 4 is 16.9 Å². The van der Waals surface area contributed by atoms with Crippen LogP contribution in [0.1, 0.15) is 38.1 Å². The third kappa shape index (κ3) is 3.43. The third-order valence-electron chi connectivity index (χ3n) is 4.24. The Balaban J connectivity index is 1.96. The molecule has 4 heteroatoms. The maximum atomic E-state index is 11.9. The number of amides is 1. The minimum Gasteiger partial charge on any atom is -0.356 e. The van der Waals surface area contributed by atoms with Crippen molar-refractivity contribution in [1.82, 2.24) is 14.9 Å². The summed E-state index contributed by atoms with van der Waals surface area (Å²) in [7, 11) is 2.03. The number of imidazole rings is 1. The van der Waals surface area contributed by atoms with Crippen molar-refractivity contribution in [2.24, 2.45) is 13.0 Å². The van der Waals surface area contributed by atoms with E-state index in [0.29, 0.717) is 6.54 Å². The first kappa shape index (κ1) is 15.5. The summed E-state index contributed by atoms with van der Waals surface area (Å²) in [6, 6.07) is 6.34. The van der Waals surface area contributed by atoms with Crippen LogP contribution in [0.25, 0.3) is 11.0 Å². The topological polar surface area (TPSA) is 46.9 Å². The van der Waals surface area contributed by atoms with Crippen LogP contribution in [0.2, 0.25) is 0 Å². The predicted molar refractivity (Wildman–Crippen MR) is 86.2 cm³/mol. The Morgan fingerprint density at radius 1 is 1.33 bits per heavy atom. The highest BCUT2D eigenvalue weighted by atomic mass is 16.1. The second-order valence-corrected chi connectivity index (χ2v) is 5.60. The van der Waals surface area contributed by atoms with Crippen molar-refractivity contribution in [3.8, 4) is 0 Å². The number of nitrogens with zero attached hydrogens (tertiary/aromatic N) is 2. The molecule has 0 fully saturated rings. The molecule has 0 unspecified atom stereocenters. The van der Waals surface area contributed by atoms with Crippen molar-refractivity contribution in [2.45, 2.75) is 40.0 Å². The number of carbonyl (C=O) groups is 1. The van der Waals surface area contributed by atoms with Gasteiger partial charge in [0.15, 0.2) is 0 Å². The Hall–Kier alpha value is -1.84. The minimum atomic E-state index is 0.144. The van der Waals surface area contributed by atoms with Gasteiger partial charge in [0.2, 0.25) is 5.91 Å². The molecule has 4 nitrogen and oxygen atoms in total. The minimum absolute atomic E-state index is 0.144. The van der Waals surface area contributed by atoms with Gasteiger partial charge in [0.1, 0.15) is 5.82 Å². The lowest BCUT2D eigenvalue weighted by Crippen LogP contribution is -2.31. The Kier molecular flexibility index (Phi) is 4.99. The average molecular weight is 287 g/mol. The summed E-state index contributed by atoms with van der Waals surface area (Å²) in [5.74, 6) is 1.34. The summed E-state index contributed by atoms with van der Waals surface area (Å²) in [6.07, 6.45) is 2.65. The summed E-state index contributed by atoms with van der Waals surface area (Å²) in [5.41, 5.74) is 3.39. The molecule has 1 amide bonds. The van der Waals surface area contributed by atoms with Gasteiger partial charge in [-0.1, -0.05) is 19.9 Å². The molecule has 0 bridgehead atoms. The van der Waals surface area contributed by atoms with Crippen LogP contribution in [-0.4, -0.2) is 22.0 Å². The van der Waals surface area contributed by atoms with Gasteiger partial charge < -0.3 is 9.88 Å². The first-order chi connectivity index (χ1) is 10.1. The molecule has 0 atom stereocenters. The smallest absolute Gasteiger partial charge is 0.223 e. The molecular formula is C17H25N3O. The molecule has 1 aromatic carbocycles. The molecule has 0 radical (unpaired) electrons. The molecule has 114 valence electrons. The molecule has 0 spiro atoms. The van der Waals surface area contributed by atoms with E-state index < -0.39 is 0 Å². The average Bonchev–Trinajstić information content (AvgIpc) is 2.75. The summed E-state index contributed by atoms with van der Waals surface area (Å²) in [4.78, 5) is 16.5. The van der Waals surface area contributed by atoms with Crippen LogP contribution in [0, 0.1) is 12.8 Å². The Labute approximate surface area is 126 Å². The normalized spacial score (nSPS) is 11.3. The first-order valence-electron chi connectivity index (χ1n) is 7.76. The lowest BCUT2D eigenvalue weighted by molar-refractivity contribution is -0.125. The van der Waals surface area contributed by atoms with E-state index >= 15 is 0 Å². The van der Waals surface area contributed by atoms with Gasteiger partial charge in [-0.15, -0.1) is 0 Å². The van der Waals surface area contributed by atoms with Gasteiger partial charge in [-0.25, -0.2) is 4.98 Å². The zero-order valence-electron chi connectivity index (χ0n) is 13.4. The van der Waals surface area contributed by atoms with Gasteiger partial charge in [-0.2, -0.15) is 0 Å². The van der Waals surface area contributed by atoms with E-state index in [-0.39, 0.29) is 11.8 Å². The molecule has 2 rings (SSSR count). The fourth-order valence-electron chi connectivity index (χ4n) is 2.66.